The molecule has 1 atom stereocenters. The number of amides is 1. The molecule has 0 saturated carbocycles. The predicted molar refractivity (Wildman–Crippen MR) is 106 cm³/mol. The fourth-order valence-electron chi connectivity index (χ4n) is 3.26. The van der Waals surface area contributed by atoms with Crippen molar-refractivity contribution in [2.45, 2.75) is 26.3 Å². The van der Waals surface area contributed by atoms with Crippen LogP contribution in [0, 0.1) is 6.92 Å². The molecule has 0 aromatic heterocycles. The van der Waals surface area contributed by atoms with Gasteiger partial charge in [0.05, 0.1) is 24.6 Å². The largest absolute Gasteiger partial charge is 0.496 e. The average molecular weight is 388 g/mol. The molecular formula is C20H24N2O4S. The van der Waals surface area contributed by atoms with E-state index in [2.05, 4.69) is 5.32 Å². The Bertz CT molecular complexity index is 939. The summed E-state index contributed by atoms with van der Waals surface area (Å²) in [6.45, 7) is 4.38. The van der Waals surface area contributed by atoms with Crippen LogP contribution in [-0.4, -0.2) is 33.7 Å². The van der Waals surface area contributed by atoms with Crippen LogP contribution in [0.3, 0.4) is 0 Å². The monoisotopic (exact) mass is 388 g/mol. The lowest BCUT2D eigenvalue weighted by Crippen LogP contribution is -2.27. The highest BCUT2D eigenvalue weighted by Gasteiger charge is 2.28. The van der Waals surface area contributed by atoms with Gasteiger partial charge < -0.3 is 10.1 Å². The summed E-state index contributed by atoms with van der Waals surface area (Å²) in [5.74, 6) is 0.676. The van der Waals surface area contributed by atoms with Gasteiger partial charge in [-0.15, -0.1) is 0 Å². The highest BCUT2D eigenvalue weighted by Crippen LogP contribution is 2.27. The van der Waals surface area contributed by atoms with E-state index in [4.69, 9.17) is 4.74 Å². The average Bonchev–Trinajstić information content (AvgIpc) is 3.00. The molecule has 1 saturated heterocycles. The summed E-state index contributed by atoms with van der Waals surface area (Å²) in [4.78, 5) is 12.6. The van der Waals surface area contributed by atoms with E-state index >= 15 is 0 Å². The lowest BCUT2D eigenvalue weighted by molar-refractivity contribution is 0.0939. The second-order valence-corrected chi connectivity index (χ2v) is 8.74. The van der Waals surface area contributed by atoms with Gasteiger partial charge in [-0.2, -0.15) is 0 Å². The number of anilines is 1. The van der Waals surface area contributed by atoms with Crippen LogP contribution in [-0.2, 0) is 10.0 Å². The molecule has 2 aromatic rings. The van der Waals surface area contributed by atoms with Crippen molar-refractivity contribution < 1.29 is 17.9 Å². The number of ether oxygens (including phenoxy) is 1. The molecule has 1 amide bonds. The summed E-state index contributed by atoms with van der Waals surface area (Å²) in [5.41, 5.74) is 3.07. The molecule has 3 rings (SSSR count). The number of methoxy groups -OCH3 is 1. The van der Waals surface area contributed by atoms with Gasteiger partial charge in [0.2, 0.25) is 10.0 Å². The van der Waals surface area contributed by atoms with Crippen LogP contribution in [0.2, 0.25) is 0 Å². The van der Waals surface area contributed by atoms with E-state index in [9.17, 15) is 13.2 Å². The van der Waals surface area contributed by atoms with Crippen LogP contribution in [0.25, 0.3) is 0 Å². The number of hydrogen-bond acceptors (Lipinski definition) is 4. The fourth-order valence-corrected chi connectivity index (χ4v) is 4.82. The van der Waals surface area contributed by atoms with Crippen LogP contribution in [0.4, 0.5) is 5.69 Å². The van der Waals surface area contributed by atoms with Gasteiger partial charge in [-0.3, -0.25) is 9.10 Å². The lowest BCUT2D eigenvalue weighted by atomic mass is 10.0. The molecule has 0 spiro atoms. The third kappa shape index (κ3) is 4.08. The Morgan fingerprint density at radius 2 is 1.89 bits per heavy atom. The number of rotatable bonds is 5. The van der Waals surface area contributed by atoms with Crippen LogP contribution in [0.15, 0.2) is 42.5 Å². The number of hydrogen-bond donors (Lipinski definition) is 1. The first-order chi connectivity index (χ1) is 12.8. The van der Waals surface area contributed by atoms with Crippen molar-refractivity contribution in [3.63, 3.8) is 0 Å². The van der Waals surface area contributed by atoms with Gasteiger partial charge in [-0.1, -0.05) is 17.7 Å². The molecular weight excluding hydrogens is 364 g/mol. The Hall–Kier alpha value is -2.54. The van der Waals surface area contributed by atoms with Gasteiger partial charge in [0.1, 0.15) is 5.75 Å². The number of aryl methyl sites for hydroxylation is 1. The van der Waals surface area contributed by atoms with Crippen molar-refractivity contribution in [1.82, 2.24) is 5.32 Å². The molecule has 144 valence electrons. The van der Waals surface area contributed by atoms with E-state index in [1.807, 2.05) is 32.0 Å². The zero-order valence-electron chi connectivity index (χ0n) is 15.7. The van der Waals surface area contributed by atoms with E-state index in [1.165, 1.54) is 4.31 Å². The van der Waals surface area contributed by atoms with E-state index in [0.717, 1.165) is 16.9 Å². The number of nitrogens with zero attached hydrogens (tertiary/aromatic N) is 1. The van der Waals surface area contributed by atoms with Gasteiger partial charge in [0.25, 0.3) is 5.91 Å². The molecule has 7 heteroatoms. The Kier molecular flexibility index (Phi) is 5.41. The van der Waals surface area contributed by atoms with Crippen LogP contribution in [0.1, 0.15) is 40.9 Å². The third-order valence-corrected chi connectivity index (χ3v) is 6.59. The summed E-state index contributed by atoms with van der Waals surface area (Å²) in [6, 6.07) is 12.3. The minimum absolute atomic E-state index is 0.172. The molecule has 0 aliphatic carbocycles. The summed E-state index contributed by atoms with van der Waals surface area (Å²) in [7, 11) is -1.62. The number of nitrogens with one attached hydrogen (secondary N) is 1. The molecule has 1 N–H and O–H groups in total. The first-order valence-electron chi connectivity index (χ1n) is 8.88. The Balaban J connectivity index is 1.74. The van der Waals surface area contributed by atoms with Crippen molar-refractivity contribution in [2.24, 2.45) is 0 Å². The molecule has 1 unspecified atom stereocenters. The van der Waals surface area contributed by atoms with Gasteiger partial charge in [0.15, 0.2) is 0 Å². The molecule has 1 aliphatic rings. The van der Waals surface area contributed by atoms with E-state index < -0.39 is 10.0 Å². The summed E-state index contributed by atoms with van der Waals surface area (Å²) in [5, 5.41) is 2.97. The molecule has 1 heterocycles. The molecule has 0 bridgehead atoms. The number of carbonyl (C=O) groups excluding carboxylic acids is 1. The summed E-state index contributed by atoms with van der Waals surface area (Å²) in [6.07, 6.45) is 0.625. The second-order valence-electron chi connectivity index (χ2n) is 6.73. The Labute approximate surface area is 160 Å². The molecule has 6 nitrogen and oxygen atoms in total. The zero-order chi connectivity index (χ0) is 19.6. The zero-order valence-corrected chi connectivity index (χ0v) is 16.5. The maximum absolute atomic E-state index is 12.6. The molecule has 1 aliphatic heterocycles. The van der Waals surface area contributed by atoms with Crippen LogP contribution in [0.5, 0.6) is 5.75 Å². The SMILES string of the molecule is COc1ccc(C)cc1C(C)NC(=O)c1ccc(N2CCCS2(=O)=O)cc1. The van der Waals surface area contributed by atoms with Gasteiger partial charge in [-0.25, -0.2) is 8.42 Å². The molecule has 2 aromatic carbocycles. The van der Waals surface area contributed by atoms with E-state index in [-0.39, 0.29) is 17.7 Å². The molecule has 27 heavy (non-hydrogen) atoms. The summed E-state index contributed by atoms with van der Waals surface area (Å²) < 4.78 is 30.8. The maximum atomic E-state index is 12.6. The van der Waals surface area contributed by atoms with Crippen LogP contribution < -0.4 is 14.4 Å². The third-order valence-electron chi connectivity index (χ3n) is 4.72. The number of carbonyl (C=O) groups is 1. The molecule has 0 radical (unpaired) electrons. The molecule has 1 fully saturated rings. The quantitative estimate of drug-likeness (QED) is 0.854. The topological polar surface area (TPSA) is 75.7 Å². The summed E-state index contributed by atoms with van der Waals surface area (Å²) >= 11 is 0. The standard InChI is InChI=1S/C20H24N2O4S/c1-14-5-10-19(26-3)18(13-14)15(2)21-20(23)16-6-8-17(9-7-16)22-11-4-12-27(22,24)25/h5-10,13,15H,4,11-12H2,1-3H3,(H,21,23). The van der Waals surface area contributed by atoms with Gasteiger partial charge in [-0.05, 0) is 50.6 Å². The lowest BCUT2D eigenvalue weighted by Gasteiger charge is -2.19. The van der Waals surface area contributed by atoms with Crippen molar-refractivity contribution in [3.8, 4) is 5.75 Å². The van der Waals surface area contributed by atoms with Gasteiger partial charge in [0, 0.05) is 17.7 Å². The minimum Gasteiger partial charge on any atom is -0.496 e. The predicted octanol–water partition coefficient (Wildman–Crippen LogP) is 3.03. The van der Waals surface area contributed by atoms with Crippen molar-refractivity contribution in [3.05, 3.63) is 59.2 Å². The highest BCUT2D eigenvalue weighted by atomic mass is 32.2. The number of sulfonamides is 1. The maximum Gasteiger partial charge on any atom is 0.251 e. The number of benzene rings is 2. The first kappa shape index (κ1) is 19.2. The minimum atomic E-state index is -3.22. The Morgan fingerprint density at radius 1 is 1.19 bits per heavy atom. The second kappa shape index (κ2) is 7.60. The smallest absolute Gasteiger partial charge is 0.251 e. The normalized spacial score (nSPS) is 16.8. The van der Waals surface area contributed by atoms with E-state index in [1.54, 1.807) is 31.4 Å². The Morgan fingerprint density at radius 3 is 2.48 bits per heavy atom. The fraction of sp³-hybridized carbons (Fsp3) is 0.350. The van der Waals surface area contributed by atoms with E-state index in [0.29, 0.717) is 24.2 Å². The van der Waals surface area contributed by atoms with Gasteiger partial charge >= 0.3 is 0 Å². The highest BCUT2D eigenvalue weighted by molar-refractivity contribution is 7.93. The van der Waals surface area contributed by atoms with Crippen molar-refractivity contribution >= 4 is 21.6 Å². The first-order valence-corrected chi connectivity index (χ1v) is 10.5. The van der Waals surface area contributed by atoms with Crippen LogP contribution >= 0.6 is 0 Å². The van der Waals surface area contributed by atoms with Crippen molar-refractivity contribution in [2.75, 3.05) is 23.7 Å². The van der Waals surface area contributed by atoms with Crippen molar-refractivity contribution in [1.29, 1.82) is 0 Å².